The van der Waals surface area contributed by atoms with E-state index in [-0.39, 0.29) is 29.6 Å². The molecule has 0 aliphatic carbocycles. The van der Waals surface area contributed by atoms with Gasteiger partial charge in [-0.1, -0.05) is 18.2 Å². The Morgan fingerprint density at radius 1 is 1.11 bits per heavy atom. The van der Waals surface area contributed by atoms with Gasteiger partial charge >= 0.3 is 5.97 Å². The highest BCUT2D eigenvalue weighted by Gasteiger charge is 2.18. The Labute approximate surface area is 158 Å². The minimum atomic E-state index is -0.520. The molecule has 0 fully saturated rings. The molecule has 0 bridgehead atoms. The second-order valence-electron chi connectivity index (χ2n) is 7.22. The number of hydrogen-bond donors (Lipinski definition) is 0. The van der Waals surface area contributed by atoms with Gasteiger partial charge in [-0.2, -0.15) is 9.78 Å². The Balaban J connectivity index is 2.01. The molecule has 0 radical (unpaired) electrons. The number of carbonyl (C=O) groups excluding carboxylic acids is 2. The third kappa shape index (κ3) is 6.06. The molecule has 0 N–H and O–H groups in total. The molecule has 0 aliphatic heterocycles. The Morgan fingerprint density at radius 3 is 2.41 bits per heavy atom. The summed E-state index contributed by atoms with van der Waals surface area (Å²) in [7, 11) is 1.64. The van der Waals surface area contributed by atoms with Crippen molar-refractivity contribution in [3.63, 3.8) is 0 Å². The predicted molar refractivity (Wildman–Crippen MR) is 102 cm³/mol. The summed E-state index contributed by atoms with van der Waals surface area (Å²) in [5, 5.41) is 4.18. The summed E-state index contributed by atoms with van der Waals surface area (Å²) in [6, 6.07) is 11.6. The number of para-hydroxylation sites is 1. The molecular formula is C20H25N3O4. The van der Waals surface area contributed by atoms with Crippen LogP contribution in [0.3, 0.4) is 0 Å². The highest BCUT2D eigenvalue weighted by molar-refractivity contribution is 5.91. The first-order valence-electron chi connectivity index (χ1n) is 8.80. The first-order chi connectivity index (χ1) is 12.7. The molecule has 0 saturated heterocycles. The summed E-state index contributed by atoms with van der Waals surface area (Å²) >= 11 is 0. The zero-order valence-corrected chi connectivity index (χ0v) is 16.1. The van der Waals surface area contributed by atoms with E-state index in [9.17, 15) is 14.4 Å². The van der Waals surface area contributed by atoms with Crippen molar-refractivity contribution in [2.45, 2.75) is 39.2 Å². The number of nitrogens with zero attached hydrogens (tertiary/aromatic N) is 3. The molecule has 0 atom stereocenters. The zero-order chi connectivity index (χ0) is 20.0. The number of carbonyl (C=O) groups is 2. The second-order valence-corrected chi connectivity index (χ2v) is 7.22. The number of hydrogen-bond acceptors (Lipinski definition) is 5. The van der Waals surface area contributed by atoms with Crippen LogP contribution in [0.4, 0.5) is 0 Å². The van der Waals surface area contributed by atoms with Gasteiger partial charge in [0.2, 0.25) is 0 Å². The fourth-order valence-corrected chi connectivity index (χ4v) is 2.43. The van der Waals surface area contributed by atoms with E-state index in [4.69, 9.17) is 4.74 Å². The van der Waals surface area contributed by atoms with Crippen molar-refractivity contribution in [1.82, 2.24) is 14.7 Å². The minimum absolute atomic E-state index is 0.165. The van der Waals surface area contributed by atoms with E-state index in [0.29, 0.717) is 18.7 Å². The van der Waals surface area contributed by atoms with Gasteiger partial charge in [0.05, 0.1) is 5.69 Å². The lowest BCUT2D eigenvalue weighted by molar-refractivity contribution is -0.154. The number of aromatic nitrogens is 2. The van der Waals surface area contributed by atoms with Crippen LogP contribution < -0.4 is 5.56 Å². The standard InChI is InChI=1S/C20H25N3O4/c1-20(2,3)27-18(25)11-8-14-22(4)19(26)16-12-13-17(24)23(21-16)15-9-6-5-7-10-15/h5-7,9-10,12-13H,8,11,14H2,1-4H3. The van der Waals surface area contributed by atoms with E-state index in [1.807, 2.05) is 26.8 Å². The largest absolute Gasteiger partial charge is 0.460 e. The lowest BCUT2D eigenvalue weighted by Gasteiger charge is -2.20. The van der Waals surface area contributed by atoms with E-state index in [1.165, 1.54) is 21.7 Å². The van der Waals surface area contributed by atoms with E-state index in [1.54, 1.807) is 31.3 Å². The summed E-state index contributed by atoms with van der Waals surface area (Å²) in [6.45, 7) is 5.82. The average Bonchev–Trinajstić information content (AvgIpc) is 2.60. The summed E-state index contributed by atoms with van der Waals surface area (Å²) in [5.74, 6) is -0.608. The number of ether oxygens (including phenoxy) is 1. The van der Waals surface area contributed by atoms with Gasteiger partial charge in [0.15, 0.2) is 0 Å². The van der Waals surface area contributed by atoms with Gasteiger partial charge in [-0.25, -0.2) is 0 Å². The minimum Gasteiger partial charge on any atom is -0.460 e. The van der Waals surface area contributed by atoms with Crippen LogP contribution in [0.5, 0.6) is 0 Å². The number of amides is 1. The van der Waals surface area contributed by atoms with Crippen LogP contribution in [0.1, 0.15) is 44.1 Å². The van der Waals surface area contributed by atoms with E-state index in [0.717, 1.165) is 0 Å². The van der Waals surface area contributed by atoms with Crippen LogP contribution in [0.2, 0.25) is 0 Å². The SMILES string of the molecule is CN(CCCC(=O)OC(C)(C)C)C(=O)c1ccc(=O)n(-c2ccccc2)n1. The summed E-state index contributed by atoms with van der Waals surface area (Å²) in [6.07, 6.45) is 0.710. The normalized spacial score (nSPS) is 11.1. The average molecular weight is 371 g/mol. The van der Waals surface area contributed by atoms with Gasteiger partial charge in [-0.05, 0) is 45.4 Å². The van der Waals surface area contributed by atoms with Gasteiger partial charge in [0.1, 0.15) is 11.3 Å². The smallest absolute Gasteiger partial charge is 0.306 e. The molecule has 1 aromatic carbocycles. The molecule has 27 heavy (non-hydrogen) atoms. The van der Waals surface area contributed by atoms with E-state index >= 15 is 0 Å². The van der Waals surface area contributed by atoms with Crippen molar-refractivity contribution in [3.8, 4) is 5.69 Å². The molecule has 7 nitrogen and oxygen atoms in total. The summed E-state index contributed by atoms with van der Waals surface area (Å²) in [4.78, 5) is 37.8. The molecule has 2 aromatic rings. The van der Waals surface area contributed by atoms with Gasteiger partial charge in [0, 0.05) is 26.1 Å². The van der Waals surface area contributed by atoms with Crippen LogP contribution >= 0.6 is 0 Å². The Bertz CT molecular complexity index is 854. The molecular weight excluding hydrogens is 346 g/mol. The van der Waals surface area contributed by atoms with Crippen molar-refractivity contribution in [1.29, 1.82) is 0 Å². The van der Waals surface area contributed by atoms with Crippen LogP contribution in [0.25, 0.3) is 5.69 Å². The van der Waals surface area contributed by atoms with Crippen LogP contribution in [0.15, 0.2) is 47.3 Å². The molecule has 0 spiro atoms. The quantitative estimate of drug-likeness (QED) is 0.729. The number of esters is 1. The lowest BCUT2D eigenvalue weighted by Crippen LogP contribution is -2.32. The maximum atomic E-state index is 12.6. The van der Waals surface area contributed by atoms with Gasteiger partial charge in [0.25, 0.3) is 11.5 Å². The van der Waals surface area contributed by atoms with Crippen molar-refractivity contribution in [2.24, 2.45) is 0 Å². The van der Waals surface area contributed by atoms with Gasteiger partial charge in [-0.3, -0.25) is 14.4 Å². The lowest BCUT2D eigenvalue weighted by atomic mass is 10.2. The van der Waals surface area contributed by atoms with Gasteiger partial charge in [-0.15, -0.1) is 0 Å². The third-order valence-electron chi connectivity index (χ3n) is 3.66. The van der Waals surface area contributed by atoms with Crippen molar-refractivity contribution >= 4 is 11.9 Å². The van der Waals surface area contributed by atoms with Crippen LogP contribution in [0, 0.1) is 0 Å². The fraction of sp³-hybridized carbons (Fsp3) is 0.400. The van der Waals surface area contributed by atoms with E-state index < -0.39 is 5.60 Å². The maximum Gasteiger partial charge on any atom is 0.306 e. The maximum absolute atomic E-state index is 12.6. The molecule has 0 unspecified atom stereocenters. The zero-order valence-electron chi connectivity index (χ0n) is 16.1. The van der Waals surface area contributed by atoms with E-state index in [2.05, 4.69) is 5.10 Å². The highest BCUT2D eigenvalue weighted by Crippen LogP contribution is 2.10. The monoisotopic (exact) mass is 371 g/mol. The number of benzene rings is 1. The Kier molecular flexibility index (Phi) is 6.50. The molecule has 0 saturated carbocycles. The number of rotatable bonds is 6. The second kappa shape index (κ2) is 8.62. The van der Waals surface area contributed by atoms with Crippen molar-refractivity contribution < 1.29 is 14.3 Å². The van der Waals surface area contributed by atoms with Gasteiger partial charge < -0.3 is 9.64 Å². The predicted octanol–water partition coefficient (Wildman–Crippen LogP) is 2.43. The summed E-state index contributed by atoms with van der Waals surface area (Å²) < 4.78 is 6.45. The molecule has 1 aromatic heterocycles. The molecule has 1 heterocycles. The molecule has 0 aliphatic rings. The van der Waals surface area contributed by atoms with Crippen LogP contribution in [-0.4, -0.2) is 45.8 Å². The first-order valence-corrected chi connectivity index (χ1v) is 8.80. The van der Waals surface area contributed by atoms with Crippen LogP contribution in [-0.2, 0) is 9.53 Å². The molecule has 144 valence electrons. The highest BCUT2D eigenvalue weighted by atomic mass is 16.6. The third-order valence-corrected chi connectivity index (χ3v) is 3.66. The topological polar surface area (TPSA) is 81.5 Å². The Morgan fingerprint density at radius 2 is 1.78 bits per heavy atom. The fourth-order valence-electron chi connectivity index (χ4n) is 2.43. The first kappa shape index (κ1) is 20.4. The Hall–Kier alpha value is -2.96. The molecule has 7 heteroatoms. The molecule has 1 amide bonds. The molecule has 2 rings (SSSR count). The summed E-state index contributed by atoms with van der Waals surface area (Å²) in [5.41, 5.74) is -0.0818. The van der Waals surface area contributed by atoms with Crippen molar-refractivity contribution in [2.75, 3.05) is 13.6 Å². The van der Waals surface area contributed by atoms with Crippen molar-refractivity contribution in [3.05, 3.63) is 58.5 Å².